The van der Waals surface area contributed by atoms with Crippen LogP contribution in [0.2, 0.25) is 0 Å². The van der Waals surface area contributed by atoms with Gasteiger partial charge in [0, 0.05) is 12.0 Å². The second kappa shape index (κ2) is 6.06. The van der Waals surface area contributed by atoms with Crippen LogP contribution in [0.5, 0.6) is 0 Å². The summed E-state index contributed by atoms with van der Waals surface area (Å²) < 4.78 is 0. The number of nitrogens with one attached hydrogen (secondary N) is 2. The van der Waals surface area contributed by atoms with E-state index in [1.165, 1.54) is 5.56 Å². The average molecular weight is 262 g/mol. The first-order valence-electron chi connectivity index (χ1n) is 6.91. The summed E-state index contributed by atoms with van der Waals surface area (Å²) in [5.74, 6) is 0. The lowest BCUT2D eigenvalue weighted by Crippen LogP contribution is -2.45. The Kier molecular flexibility index (Phi) is 4.43. The second-order valence-electron chi connectivity index (χ2n) is 5.26. The topological polar surface area (TPSA) is 61.4 Å². The van der Waals surface area contributed by atoms with Crippen LogP contribution in [0.1, 0.15) is 31.7 Å². The van der Waals surface area contributed by atoms with Gasteiger partial charge in [0.1, 0.15) is 0 Å². The lowest BCUT2D eigenvalue weighted by atomic mass is 9.96. The first kappa shape index (κ1) is 13.9. The molecule has 1 atom stereocenters. The molecule has 1 aliphatic carbocycles. The minimum Gasteiger partial charge on any atom is -0.394 e. The normalized spacial score (nSPS) is 17.6. The zero-order valence-electron chi connectivity index (χ0n) is 11.4. The van der Waals surface area contributed by atoms with Crippen LogP contribution < -0.4 is 10.6 Å². The lowest BCUT2D eigenvalue weighted by molar-refractivity contribution is 0.214. The van der Waals surface area contributed by atoms with Gasteiger partial charge in [-0.15, -0.1) is 0 Å². The van der Waals surface area contributed by atoms with Crippen molar-refractivity contribution in [3.8, 4) is 0 Å². The Balaban J connectivity index is 1.84. The molecule has 0 heterocycles. The molecule has 2 amide bonds. The number of rotatable bonds is 6. The van der Waals surface area contributed by atoms with Crippen molar-refractivity contribution in [2.45, 2.75) is 37.6 Å². The van der Waals surface area contributed by atoms with Crippen LogP contribution in [0.4, 0.5) is 4.79 Å². The molecule has 2 rings (SSSR count). The molecule has 0 bridgehead atoms. The molecule has 0 aliphatic heterocycles. The summed E-state index contributed by atoms with van der Waals surface area (Å²) in [6, 6.07) is 9.97. The summed E-state index contributed by atoms with van der Waals surface area (Å²) in [7, 11) is 0. The number of carbonyl (C=O) groups excluding carboxylic acids is 1. The molecule has 0 radical (unpaired) electrons. The third-order valence-electron chi connectivity index (χ3n) is 3.88. The Bertz CT molecular complexity index is 411. The molecule has 1 aromatic rings. The van der Waals surface area contributed by atoms with Crippen LogP contribution in [0, 0.1) is 0 Å². The molecule has 19 heavy (non-hydrogen) atoms. The van der Waals surface area contributed by atoms with Crippen LogP contribution in [-0.2, 0) is 5.41 Å². The minimum absolute atomic E-state index is 0.0201. The zero-order valence-corrected chi connectivity index (χ0v) is 11.4. The van der Waals surface area contributed by atoms with Crippen LogP contribution in [0.15, 0.2) is 30.3 Å². The van der Waals surface area contributed by atoms with Gasteiger partial charge in [-0.25, -0.2) is 4.79 Å². The fraction of sp³-hybridized carbons (Fsp3) is 0.533. The smallest absolute Gasteiger partial charge is 0.315 e. The molecule has 0 spiro atoms. The van der Waals surface area contributed by atoms with Gasteiger partial charge in [-0.2, -0.15) is 0 Å². The van der Waals surface area contributed by atoms with Gasteiger partial charge in [0.05, 0.1) is 12.6 Å². The van der Waals surface area contributed by atoms with Crippen molar-refractivity contribution in [1.82, 2.24) is 10.6 Å². The van der Waals surface area contributed by atoms with Crippen molar-refractivity contribution >= 4 is 6.03 Å². The number of amides is 2. The third kappa shape index (κ3) is 3.47. The van der Waals surface area contributed by atoms with Gasteiger partial charge >= 0.3 is 6.03 Å². The van der Waals surface area contributed by atoms with Crippen molar-refractivity contribution < 1.29 is 9.90 Å². The standard InChI is InChI=1S/C15H22N2O2/c1-2-13(10-18)17-14(19)16-11-15(8-9-15)12-6-4-3-5-7-12/h3-7,13,18H,2,8-11H2,1H3,(H2,16,17,19). The highest BCUT2D eigenvalue weighted by Gasteiger charge is 2.44. The maximum atomic E-state index is 11.7. The number of urea groups is 1. The number of hydrogen-bond donors (Lipinski definition) is 3. The number of aliphatic hydroxyl groups is 1. The number of carbonyl (C=O) groups is 1. The molecule has 1 aromatic carbocycles. The lowest BCUT2D eigenvalue weighted by Gasteiger charge is -2.19. The van der Waals surface area contributed by atoms with E-state index in [0.717, 1.165) is 19.3 Å². The van der Waals surface area contributed by atoms with Crippen LogP contribution in [0.3, 0.4) is 0 Å². The monoisotopic (exact) mass is 262 g/mol. The maximum absolute atomic E-state index is 11.7. The quantitative estimate of drug-likeness (QED) is 0.732. The average Bonchev–Trinajstić information content (AvgIpc) is 3.25. The summed E-state index contributed by atoms with van der Waals surface area (Å²) in [5, 5.41) is 14.7. The summed E-state index contributed by atoms with van der Waals surface area (Å²) in [6.45, 7) is 2.58. The SMILES string of the molecule is CCC(CO)NC(=O)NCC1(c2ccccc2)CC1. The Morgan fingerprint density at radius 1 is 1.37 bits per heavy atom. The number of benzene rings is 1. The Hall–Kier alpha value is -1.55. The molecule has 104 valence electrons. The van der Waals surface area contributed by atoms with E-state index in [4.69, 9.17) is 5.11 Å². The fourth-order valence-electron chi connectivity index (χ4n) is 2.27. The van der Waals surface area contributed by atoms with Crippen molar-refractivity contribution in [1.29, 1.82) is 0 Å². The van der Waals surface area contributed by atoms with Crippen LogP contribution in [-0.4, -0.2) is 30.3 Å². The highest BCUT2D eigenvalue weighted by molar-refractivity contribution is 5.74. The van der Waals surface area contributed by atoms with E-state index in [1.54, 1.807) is 0 Å². The van der Waals surface area contributed by atoms with Gasteiger partial charge in [-0.05, 0) is 24.8 Å². The third-order valence-corrected chi connectivity index (χ3v) is 3.88. The largest absolute Gasteiger partial charge is 0.394 e. The van der Waals surface area contributed by atoms with Gasteiger partial charge in [-0.1, -0.05) is 37.3 Å². The molecule has 1 aliphatic rings. The van der Waals surface area contributed by atoms with E-state index in [1.807, 2.05) is 25.1 Å². The van der Waals surface area contributed by atoms with E-state index < -0.39 is 0 Å². The second-order valence-corrected chi connectivity index (χ2v) is 5.26. The number of aliphatic hydroxyl groups excluding tert-OH is 1. The highest BCUT2D eigenvalue weighted by Crippen LogP contribution is 2.47. The van der Waals surface area contributed by atoms with Gasteiger partial charge in [0.25, 0.3) is 0 Å². The fourth-order valence-corrected chi connectivity index (χ4v) is 2.27. The molecule has 0 aromatic heterocycles. The zero-order chi connectivity index (χ0) is 13.7. The predicted octanol–water partition coefficient (Wildman–Crippen LogP) is 1.79. The summed E-state index contributed by atoms with van der Waals surface area (Å²) >= 11 is 0. The first-order valence-corrected chi connectivity index (χ1v) is 6.91. The van der Waals surface area contributed by atoms with E-state index >= 15 is 0 Å². The predicted molar refractivity (Wildman–Crippen MR) is 75.1 cm³/mol. The van der Waals surface area contributed by atoms with Crippen molar-refractivity contribution in [3.63, 3.8) is 0 Å². The Labute approximate surface area is 114 Å². The van der Waals surface area contributed by atoms with E-state index in [9.17, 15) is 4.79 Å². The molecule has 1 unspecified atom stereocenters. The van der Waals surface area contributed by atoms with E-state index in [2.05, 4.69) is 22.8 Å². The molecule has 1 fully saturated rings. The van der Waals surface area contributed by atoms with Gasteiger partial charge in [0.15, 0.2) is 0 Å². The molecule has 1 saturated carbocycles. The van der Waals surface area contributed by atoms with E-state index in [-0.39, 0.29) is 24.1 Å². The highest BCUT2D eigenvalue weighted by atomic mass is 16.3. The molecular formula is C15H22N2O2. The summed E-state index contributed by atoms with van der Waals surface area (Å²) in [6.07, 6.45) is 2.97. The molecule has 0 saturated heterocycles. The minimum atomic E-state index is -0.192. The van der Waals surface area contributed by atoms with Crippen LogP contribution in [0.25, 0.3) is 0 Å². The molecule has 3 N–H and O–H groups in total. The molecule has 4 heteroatoms. The Morgan fingerprint density at radius 3 is 2.58 bits per heavy atom. The first-order chi connectivity index (χ1) is 9.20. The Morgan fingerprint density at radius 2 is 2.05 bits per heavy atom. The van der Waals surface area contributed by atoms with Gasteiger partial charge < -0.3 is 15.7 Å². The van der Waals surface area contributed by atoms with E-state index in [0.29, 0.717) is 6.54 Å². The van der Waals surface area contributed by atoms with Gasteiger partial charge in [-0.3, -0.25) is 0 Å². The van der Waals surface area contributed by atoms with Gasteiger partial charge in [0.2, 0.25) is 0 Å². The van der Waals surface area contributed by atoms with Crippen molar-refractivity contribution in [3.05, 3.63) is 35.9 Å². The summed E-state index contributed by atoms with van der Waals surface area (Å²) in [5.41, 5.74) is 1.42. The van der Waals surface area contributed by atoms with Crippen LogP contribution >= 0.6 is 0 Å². The van der Waals surface area contributed by atoms with Crippen molar-refractivity contribution in [2.75, 3.05) is 13.2 Å². The maximum Gasteiger partial charge on any atom is 0.315 e. The molecule has 4 nitrogen and oxygen atoms in total. The number of hydrogen-bond acceptors (Lipinski definition) is 2. The van der Waals surface area contributed by atoms with Crippen molar-refractivity contribution in [2.24, 2.45) is 0 Å². The molecular weight excluding hydrogens is 240 g/mol. The summed E-state index contributed by atoms with van der Waals surface area (Å²) in [4.78, 5) is 11.7.